The molecule has 7 nitrogen and oxygen atoms in total. The summed E-state index contributed by atoms with van der Waals surface area (Å²) in [6.45, 7) is 7.35. The number of carbonyl (C=O) groups excluding carboxylic acids is 2. The van der Waals surface area contributed by atoms with Gasteiger partial charge in [-0.3, -0.25) is 19.5 Å². The zero-order chi connectivity index (χ0) is 24.1. The number of amides is 2. The van der Waals surface area contributed by atoms with E-state index in [4.69, 9.17) is 0 Å². The summed E-state index contributed by atoms with van der Waals surface area (Å²) in [5, 5.41) is 8.22. The van der Waals surface area contributed by atoms with Crippen molar-refractivity contribution in [1.29, 1.82) is 0 Å². The lowest BCUT2D eigenvalue weighted by atomic mass is 9.96. The second-order valence-electron chi connectivity index (χ2n) is 9.35. The number of benzene rings is 2. The highest BCUT2D eigenvalue weighted by molar-refractivity contribution is 5.94. The number of fused-ring (bicyclic) bond motifs is 1. The van der Waals surface area contributed by atoms with Crippen molar-refractivity contribution < 1.29 is 9.59 Å². The van der Waals surface area contributed by atoms with E-state index in [0.29, 0.717) is 23.8 Å². The summed E-state index contributed by atoms with van der Waals surface area (Å²) in [4.78, 5) is 33.3. The van der Waals surface area contributed by atoms with Gasteiger partial charge in [0.25, 0.3) is 0 Å². The third-order valence-electron chi connectivity index (χ3n) is 6.34. The van der Waals surface area contributed by atoms with Crippen LogP contribution in [0.2, 0.25) is 0 Å². The van der Waals surface area contributed by atoms with E-state index in [1.807, 2.05) is 37.5 Å². The molecule has 1 atom stereocenters. The van der Waals surface area contributed by atoms with E-state index >= 15 is 0 Å². The summed E-state index contributed by atoms with van der Waals surface area (Å²) in [6, 6.07) is 14.0. The molecule has 1 aromatic heterocycles. The predicted octanol–water partition coefficient (Wildman–Crippen LogP) is 3.55. The molecule has 178 valence electrons. The Morgan fingerprint density at radius 3 is 2.71 bits per heavy atom. The monoisotopic (exact) mass is 459 g/mol. The lowest BCUT2D eigenvalue weighted by Crippen LogP contribution is -2.37. The van der Waals surface area contributed by atoms with E-state index in [0.717, 1.165) is 43.5 Å². The summed E-state index contributed by atoms with van der Waals surface area (Å²) in [7, 11) is 2.15. The zero-order valence-electron chi connectivity index (χ0n) is 20.2. The van der Waals surface area contributed by atoms with E-state index in [2.05, 4.69) is 50.7 Å². The van der Waals surface area contributed by atoms with Crippen LogP contribution < -0.4 is 10.6 Å². The second kappa shape index (κ2) is 10.8. The van der Waals surface area contributed by atoms with Crippen LogP contribution in [0.15, 0.2) is 54.9 Å². The van der Waals surface area contributed by atoms with Crippen molar-refractivity contribution in [1.82, 2.24) is 14.8 Å². The zero-order valence-corrected chi connectivity index (χ0v) is 20.2. The van der Waals surface area contributed by atoms with Gasteiger partial charge in [-0.05, 0) is 55.0 Å². The van der Waals surface area contributed by atoms with E-state index in [9.17, 15) is 9.59 Å². The third-order valence-corrected chi connectivity index (χ3v) is 6.34. The minimum absolute atomic E-state index is 0.0484. The first kappa shape index (κ1) is 23.9. The lowest BCUT2D eigenvalue weighted by molar-refractivity contribution is -0.117. The first-order valence-electron chi connectivity index (χ1n) is 11.8. The van der Waals surface area contributed by atoms with Crippen molar-refractivity contribution in [3.63, 3.8) is 0 Å². The maximum absolute atomic E-state index is 12.9. The Kier molecular flexibility index (Phi) is 7.55. The maximum atomic E-state index is 12.9. The van der Waals surface area contributed by atoms with E-state index in [1.165, 1.54) is 17.9 Å². The van der Waals surface area contributed by atoms with Gasteiger partial charge in [-0.2, -0.15) is 0 Å². The molecule has 1 aliphatic rings. The Balaban J connectivity index is 1.42. The maximum Gasteiger partial charge on any atom is 0.238 e. The molecule has 0 saturated carbocycles. The molecule has 4 rings (SSSR count). The Morgan fingerprint density at radius 2 is 1.88 bits per heavy atom. The van der Waals surface area contributed by atoms with Crippen molar-refractivity contribution >= 4 is 34.0 Å². The number of carbonyl (C=O) groups is 2. The summed E-state index contributed by atoms with van der Waals surface area (Å²) >= 11 is 0. The minimum atomic E-state index is -0.132. The minimum Gasteiger partial charge on any atom is -0.326 e. The Hall–Kier alpha value is -3.29. The number of likely N-dealkylation sites (N-methyl/N-ethyl adjacent to an activating group) is 1. The van der Waals surface area contributed by atoms with Crippen LogP contribution in [0.5, 0.6) is 0 Å². The summed E-state index contributed by atoms with van der Waals surface area (Å²) in [6.07, 6.45) is 4.82. The number of hydrogen-bond donors (Lipinski definition) is 2. The predicted molar refractivity (Wildman–Crippen MR) is 137 cm³/mol. The van der Waals surface area contributed by atoms with Gasteiger partial charge in [0.15, 0.2) is 0 Å². The van der Waals surface area contributed by atoms with Crippen molar-refractivity contribution in [3.8, 4) is 0 Å². The van der Waals surface area contributed by atoms with Gasteiger partial charge in [0.2, 0.25) is 11.8 Å². The molecule has 0 spiro atoms. The SMILES string of the molecule is CC(=O)Nc1cc(NC(=O)CN2CCN(C)CC(Cc3cncc4ccccc34)C2)ccc1C. The molecule has 1 aliphatic heterocycles. The van der Waals surface area contributed by atoms with Crippen LogP contribution >= 0.6 is 0 Å². The van der Waals surface area contributed by atoms with Crippen LogP contribution in [0.1, 0.15) is 18.1 Å². The Bertz CT molecular complexity index is 1170. The van der Waals surface area contributed by atoms with Crippen LogP contribution in [-0.4, -0.2) is 66.4 Å². The molecule has 1 unspecified atom stereocenters. The van der Waals surface area contributed by atoms with Gasteiger partial charge in [0.05, 0.1) is 6.54 Å². The quantitative estimate of drug-likeness (QED) is 0.590. The van der Waals surface area contributed by atoms with E-state index in [-0.39, 0.29) is 11.8 Å². The highest BCUT2D eigenvalue weighted by Gasteiger charge is 2.23. The average Bonchev–Trinajstić information content (AvgIpc) is 2.96. The van der Waals surface area contributed by atoms with Crippen LogP contribution in [0.25, 0.3) is 10.8 Å². The molecular weight excluding hydrogens is 426 g/mol. The fourth-order valence-electron chi connectivity index (χ4n) is 4.71. The van der Waals surface area contributed by atoms with Crippen molar-refractivity contribution in [2.75, 3.05) is 50.4 Å². The number of rotatable bonds is 6. The molecule has 0 bridgehead atoms. The number of pyridine rings is 1. The van der Waals surface area contributed by atoms with Gasteiger partial charge < -0.3 is 15.5 Å². The Labute approximate surface area is 201 Å². The normalized spacial score (nSPS) is 17.3. The van der Waals surface area contributed by atoms with E-state index in [1.54, 1.807) is 6.07 Å². The summed E-state index contributed by atoms with van der Waals surface area (Å²) in [5.74, 6) is 0.221. The second-order valence-corrected chi connectivity index (χ2v) is 9.35. The Morgan fingerprint density at radius 1 is 1.06 bits per heavy atom. The van der Waals surface area contributed by atoms with Gasteiger partial charge >= 0.3 is 0 Å². The first-order chi connectivity index (χ1) is 16.4. The highest BCUT2D eigenvalue weighted by atomic mass is 16.2. The average molecular weight is 460 g/mol. The molecule has 7 heteroatoms. The number of hydrogen-bond acceptors (Lipinski definition) is 5. The van der Waals surface area contributed by atoms with Crippen molar-refractivity contribution in [2.45, 2.75) is 20.3 Å². The molecular formula is C27H33N5O2. The lowest BCUT2D eigenvalue weighted by Gasteiger charge is -2.24. The van der Waals surface area contributed by atoms with Crippen LogP contribution in [0, 0.1) is 12.8 Å². The molecule has 2 N–H and O–H groups in total. The topological polar surface area (TPSA) is 77.6 Å². The molecule has 1 fully saturated rings. The third kappa shape index (κ3) is 6.18. The number of nitrogens with one attached hydrogen (secondary N) is 2. The number of anilines is 2. The molecule has 1 saturated heterocycles. The largest absolute Gasteiger partial charge is 0.326 e. The standard InChI is InChI=1S/C27H33N5O2/c1-19-8-9-24(13-26(19)29-20(2)33)30-27(34)18-32-11-10-31(3)16-21(17-32)12-23-15-28-14-22-6-4-5-7-25(22)23/h4-9,13-15,21H,10-12,16-18H2,1-3H3,(H,29,33)(H,30,34). The fourth-order valence-corrected chi connectivity index (χ4v) is 4.71. The molecule has 2 amide bonds. The molecule has 34 heavy (non-hydrogen) atoms. The van der Waals surface area contributed by atoms with Crippen LogP contribution in [-0.2, 0) is 16.0 Å². The van der Waals surface area contributed by atoms with E-state index < -0.39 is 0 Å². The summed E-state index contributed by atoms with van der Waals surface area (Å²) in [5.41, 5.74) is 3.61. The smallest absolute Gasteiger partial charge is 0.238 e. The van der Waals surface area contributed by atoms with Crippen molar-refractivity contribution in [3.05, 3.63) is 66.0 Å². The van der Waals surface area contributed by atoms with Gasteiger partial charge in [0.1, 0.15) is 0 Å². The molecule has 2 aromatic carbocycles. The van der Waals surface area contributed by atoms with Crippen molar-refractivity contribution in [2.24, 2.45) is 5.92 Å². The van der Waals surface area contributed by atoms with Gasteiger partial charge in [-0.15, -0.1) is 0 Å². The molecule has 3 aromatic rings. The molecule has 0 radical (unpaired) electrons. The fraction of sp³-hybridized carbons (Fsp3) is 0.370. The number of aromatic nitrogens is 1. The molecule has 2 heterocycles. The van der Waals surface area contributed by atoms with Crippen LogP contribution in [0.3, 0.4) is 0 Å². The summed E-state index contributed by atoms with van der Waals surface area (Å²) < 4.78 is 0. The van der Waals surface area contributed by atoms with Gasteiger partial charge in [0, 0.05) is 62.3 Å². The van der Waals surface area contributed by atoms with Gasteiger partial charge in [-0.25, -0.2) is 0 Å². The molecule has 0 aliphatic carbocycles. The number of aryl methyl sites for hydroxylation is 1. The van der Waals surface area contributed by atoms with Crippen LogP contribution in [0.4, 0.5) is 11.4 Å². The number of nitrogens with zero attached hydrogens (tertiary/aromatic N) is 3. The van der Waals surface area contributed by atoms with Gasteiger partial charge in [-0.1, -0.05) is 30.3 Å². The highest BCUT2D eigenvalue weighted by Crippen LogP contribution is 2.23. The first-order valence-corrected chi connectivity index (χ1v) is 11.8.